The van der Waals surface area contributed by atoms with Crippen LogP contribution in [0.5, 0.6) is 0 Å². The highest BCUT2D eigenvalue weighted by molar-refractivity contribution is 5.66. The Labute approximate surface area is 219 Å². The number of carbonyl (C=O) groups is 2. The highest BCUT2D eigenvalue weighted by atomic mass is 16.4. The van der Waals surface area contributed by atoms with Gasteiger partial charge in [-0.2, -0.15) is 0 Å². The summed E-state index contributed by atoms with van der Waals surface area (Å²) in [4.78, 5) is 20.6. The minimum Gasteiger partial charge on any atom is -0.481 e. The Morgan fingerprint density at radius 2 is 0.514 bits per heavy atom. The van der Waals surface area contributed by atoms with E-state index in [-0.39, 0.29) is 0 Å². The molecule has 0 aromatic carbocycles. The average molecular weight is 499 g/mol. The molecule has 0 aliphatic carbocycles. The second-order valence-corrected chi connectivity index (χ2v) is 10.4. The molecule has 35 heavy (non-hydrogen) atoms. The third kappa shape index (κ3) is 40.4. The average Bonchev–Trinajstić information content (AvgIpc) is 2.83. The first-order valence-corrected chi connectivity index (χ1v) is 15.5. The molecule has 0 fully saturated rings. The lowest BCUT2D eigenvalue weighted by molar-refractivity contribution is -0.138. The van der Waals surface area contributed by atoms with E-state index in [9.17, 15) is 9.59 Å². The maximum atomic E-state index is 10.3. The van der Waals surface area contributed by atoms with Crippen LogP contribution in [0, 0.1) is 0 Å². The van der Waals surface area contributed by atoms with Crippen LogP contribution in [-0.2, 0) is 9.59 Å². The predicted octanol–water partition coefficient (Wildman–Crippen LogP) is 10.7. The van der Waals surface area contributed by atoms with E-state index in [2.05, 4.69) is 13.8 Å². The zero-order valence-corrected chi connectivity index (χ0v) is 23.8. The second-order valence-electron chi connectivity index (χ2n) is 10.4. The van der Waals surface area contributed by atoms with Crippen molar-refractivity contribution in [2.75, 3.05) is 0 Å². The fourth-order valence-electron chi connectivity index (χ4n) is 4.41. The first kappa shape index (κ1) is 36.1. The highest BCUT2D eigenvalue weighted by Crippen LogP contribution is 2.13. The predicted molar refractivity (Wildman–Crippen MR) is 151 cm³/mol. The standard InChI is InChI=1S/C16H32O2.C15H30O2/c1-2-3-4-5-6-7-8-9-10-11-12-13-14-15-16(17)18;1-2-3-4-5-6-7-8-9-10-11-12-13-14-15(16)17/h2-15H2,1H3,(H,17,18);2-14H2,1H3,(H,16,17). The first-order chi connectivity index (χ1) is 17.0. The summed E-state index contributed by atoms with van der Waals surface area (Å²) in [6.45, 7) is 4.51. The maximum absolute atomic E-state index is 10.3. The molecular weight excluding hydrogens is 436 g/mol. The van der Waals surface area contributed by atoms with Crippen molar-refractivity contribution >= 4 is 11.9 Å². The van der Waals surface area contributed by atoms with Crippen LogP contribution in [-0.4, -0.2) is 22.2 Å². The second kappa shape index (κ2) is 32.9. The van der Waals surface area contributed by atoms with Gasteiger partial charge in [-0.3, -0.25) is 9.59 Å². The SMILES string of the molecule is CCCCCCCCCCCCCCC(=O)O.CCCCCCCCCCCCCCCC(=O)O. The molecule has 0 spiro atoms. The van der Waals surface area contributed by atoms with Crippen molar-refractivity contribution in [2.45, 2.75) is 187 Å². The molecule has 0 saturated heterocycles. The summed E-state index contributed by atoms with van der Waals surface area (Å²) in [5.74, 6) is -1.31. The van der Waals surface area contributed by atoms with Crippen LogP contribution in [0.25, 0.3) is 0 Å². The summed E-state index contributed by atoms with van der Waals surface area (Å²) in [5, 5.41) is 17.0. The number of carboxylic acid groups (broad SMARTS) is 2. The normalized spacial score (nSPS) is 10.7. The Morgan fingerprint density at radius 3 is 0.686 bits per heavy atom. The summed E-state index contributed by atoms with van der Waals surface area (Å²) in [6.07, 6.45) is 33.1. The fourth-order valence-corrected chi connectivity index (χ4v) is 4.41. The van der Waals surface area contributed by atoms with Gasteiger partial charge in [0, 0.05) is 12.8 Å². The number of hydrogen-bond acceptors (Lipinski definition) is 2. The van der Waals surface area contributed by atoms with Gasteiger partial charge in [0.15, 0.2) is 0 Å². The fraction of sp³-hybridized carbons (Fsp3) is 0.935. The molecule has 0 atom stereocenters. The molecule has 4 heteroatoms. The Balaban J connectivity index is 0. The van der Waals surface area contributed by atoms with E-state index >= 15 is 0 Å². The van der Waals surface area contributed by atoms with Gasteiger partial charge < -0.3 is 10.2 Å². The van der Waals surface area contributed by atoms with Gasteiger partial charge in [0.25, 0.3) is 0 Å². The molecule has 0 aliphatic rings. The van der Waals surface area contributed by atoms with Gasteiger partial charge in [-0.05, 0) is 12.8 Å². The van der Waals surface area contributed by atoms with Crippen molar-refractivity contribution < 1.29 is 19.8 Å². The molecule has 0 amide bonds. The van der Waals surface area contributed by atoms with Gasteiger partial charge in [-0.1, -0.05) is 162 Å². The van der Waals surface area contributed by atoms with E-state index in [0.29, 0.717) is 12.8 Å². The third-order valence-electron chi connectivity index (χ3n) is 6.74. The number of rotatable bonds is 27. The minimum atomic E-state index is -0.655. The molecule has 0 unspecified atom stereocenters. The minimum absolute atomic E-state index is 0.345. The Kier molecular flexibility index (Phi) is 34.0. The summed E-state index contributed by atoms with van der Waals surface area (Å²) in [6, 6.07) is 0. The van der Waals surface area contributed by atoms with Gasteiger partial charge in [0.1, 0.15) is 0 Å². The number of hydrogen-bond donors (Lipinski definition) is 2. The van der Waals surface area contributed by atoms with Gasteiger partial charge in [-0.25, -0.2) is 0 Å². The van der Waals surface area contributed by atoms with Crippen LogP contribution in [0.2, 0.25) is 0 Å². The molecule has 0 rings (SSSR count). The first-order valence-electron chi connectivity index (χ1n) is 15.5. The molecule has 210 valence electrons. The summed E-state index contributed by atoms with van der Waals surface area (Å²) in [7, 11) is 0. The van der Waals surface area contributed by atoms with Crippen LogP contribution < -0.4 is 0 Å². The largest absolute Gasteiger partial charge is 0.481 e. The smallest absolute Gasteiger partial charge is 0.303 e. The molecule has 0 bridgehead atoms. The van der Waals surface area contributed by atoms with E-state index in [1.165, 1.54) is 135 Å². The van der Waals surface area contributed by atoms with Crippen molar-refractivity contribution in [1.29, 1.82) is 0 Å². The lowest BCUT2D eigenvalue weighted by atomic mass is 10.0. The molecular formula is C31H62O4. The van der Waals surface area contributed by atoms with E-state index in [1.54, 1.807) is 0 Å². The molecule has 0 aliphatic heterocycles. The van der Waals surface area contributed by atoms with E-state index in [4.69, 9.17) is 10.2 Å². The molecule has 0 saturated carbocycles. The summed E-state index contributed by atoms with van der Waals surface area (Å²) >= 11 is 0. The summed E-state index contributed by atoms with van der Waals surface area (Å²) in [5.41, 5.74) is 0. The number of carboxylic acids is 2. The van der Waals surface area contributed by atoms with Crippen molar-refractivity contribution in [3.05, 3.63) is 0 Å². The number of unbranched alkanes of at least 4 members (excludes halogenated alkanes) is 23. The third-order valence-corrected chi connectivity index (χ3v) is 6.74. The Hall–Kier alpha value is -1.06. The lowest BCUT2D eigenvalue weighted by Gasteiger charge is -2.02. The number of aliphatic carboxylic acids is 2. The van der Waals surface area contributed by atoms with Crippen molar-refractivity contribution in [3.63, 3.8) is 0 Å². The Bertz CT molecular complexity index is 422. The van der Waals surface area contributed by atoms with Gasteiger partial charge >= 0.3 is 11.9 Å². The van der Waals surface area contributed by atoms with E-state index in [1.807, 2.05) is 0 Å². The van der Waals surface area contributed by atoms with Gasteiger partial charge in [-0.15, -0.1) is 0 Å². The van der Waals surface area contributed by atoms with Crippen LogP contribution in [0.1, 0.15) is 187 Å². The van der Waals surface area contributed by atoms with Crippen molar-refractivity contribution in [1.82, 2.24) is 0 Å². The molecule has 4 nitrogen and oxygen atoms in total. The zero-order chi connectivity index (χ0) is 26.2. The Morgan fingerprint density at radius 1 is 0.343 bits per heavy atom. The van der Waals surface area contributed by atoms with E-state index < -0.39 is 11.9 Å². The van der Waals surface area contributed by atoms with Gasteiger partial charge in [0.2, 0.25) is 0 Å². The molecule has 0 radical (unpaired) electrons. The highest BCUT2D eigenvalue weighted by Gasteiger charge is 1.98. The van der Waals surface area contributed by atoms with Gasteiger partial charge in [0.05, 0.1) is 0 Å². The zero-order valence-electron chi connectivity index (χ0n) is 23.8. The lowest BCUT2D eigenvalue weighted by Crippen LogP contribution is -1.93. The van der Waals surface area contributed by atoms with Crippen LogP contribution in [0.4, 0.5) is 0 Å². The molecule has 0 aromatic heterocycles. The van der Waals surface area contributed by atoms with Crippen molar-refractivity contribution in [2.24, 2.45) is 0 Å². The van der Waals surface area contributed by atoms with E-state index in [0.717, 1.165) is 25.7 Å². The van der Waals surface area contributed by atoms with Crippen LogP contribution in [0.15, 0.2) is 0 Å². The van der Waals surface area contributed by atoms with Crippen molar-refractivity contribution in [3.8, 4) is 0 Å². The topological polar surface area (TPSA) is 74.6 Å². The quantitative estimate of drug-likeness (QED) is 0.110. The monoisotopic (exact) mass is 498 g/mol. The van der Waals surface area contributed by atoms with Crippen LogP contribution in [0.3, 0.4) is 0 Å². The maximum Gasteiger partial charge on any atom is 0.303 e. The molecule has 0 aromatic rings. The van der Waals surface area contributed by atoms with Crippen LogP contribution >= 0.6 is 0 Å². The molecule has 0 heterocycles. The summed E-state index contributed by atoms with van der Waals surface area (Å²) < 4.78 is 0. The molecule has 2 N–H and O–H groups in total.